The van der Waals surface area contributed by atoms with Gasteiger partial charge in [-0.3, -0.25) is 4.72 Å². The fourth-order valence-electron chi connectivity index (χ4n) is 3.21. The molecule has 3 aromatic rings. The Balaban J connectivity index is 1.67. The van der Waals surface area contributed by atoms with Gasteiger partial charge in [0.2, 0.25) is 0 Å². The van der Waals surface area contributed by atoms with Crippen molar-refractivity contribution >= 4 is 27.3 Å². The average Bonchev–Trinajstić information content (AvgIpc) is 2.80. The van der Waals surface area contributed by atoms with Crippen LogP contribution in [0.3, 0.4) is 0 Å². The number of aliphatic hydroxyl groups excluding tert-OH is 2. The van der Waals surface area contributed by atoms with Gasteiger partial charge in [-0.2, -0.15) is 0 Å². The number of phenols is 2. The van der Waals surface area contributed by atoms with Crippen LogP contribution in [0.1, 0.15) is 17.2 Å². The van der Waals surface area contributed by atoms with Crippen LogP contribution < -0.4 is 10.0 Å². The molecule has 0 bridgehead atoms. The van der Waals surface area contributed by atoms with Crippen LogP contribution in [0.4, 0.5) is 5.69 Å². The van der Waals surface area contributed by atoms with Crippen LogP contribution in [0, 0.1) is 0 Å². The summed E-state index contributed by atoms with van der Waals surface area (Å²) in [6, 6.07) is 16.2. The summed E-state index contributed by atoms with van der Waals surface area (Å²) in [7, 11) is -3.92. The number of sulfonamides is 1. The summed E-state index contributed by atoms with van der Waals surface area (Å²) in [5.41, 5.74) is 1.10. The molecular formula is C23H25ClN2O6S. The minimum Gasteiger partial charge on any atom is -0.506 e. The molecule has 0 heterocycles. The molecule has 0 aliphatic heterocycles. The lowest BCUT2D eigenvalue weighted by atomic mass is 10.0. The molecule has 2 atom stereocenters. The Labute approximate surface area is 197 Å². The second kappa shape index (κ2) is 10.9. The maximum Gasteiger partial charge on any atom is 0.262 e. The van der Waals surface area contributed by atoms with Gasteiger partial charge < -0.3 is 25.7 Å². The summed E-state index contributed by atoms with van der Waals surface area (Å²) in [5.74, 6) is -0.314. The van der Waals surface area contributed by atoms with Gasteiger partial charge in [-0.25, -0.2) is 8.42 Å². The zero-order chi connectivity index (χ0) is 24.0. The van der Waals surface area contributed by atoms with Crippen LogP contribution in [0.15, 0.2) is 71.6 Å². The number of phenolic OH excluding ortho intramolecular Hbond substituents is 2. The first kappa shape index (κ1) is 24.8. The van der Waals surface area contributed by atoms with Gasteiger partial charge in [0.15, 0.2) is 0 Å². The molecule has 0 spiro atoms. The number of aliphatic hydroxyl groups is 2. The summed E-state index contributed by atoms with van der Waals surface area (Å²) in [5, 5.41) is 43.1. The smallest absolute Gasteiger partial charge is 0.262 e. The number of halogens is 1. The molecule has 0 unspecified atom stereocenters. The van der Waals surface area contributed by atoms with Crippen molar-refractivity contribution in [1.29, 1.82) is 0 Å². The predicted molar refractivity (Wildman–Crippen MR) is 126 cm³/mol. The third-order valence-electron chi connectivity index (χ3n) is 5.02. The zero-order valence-corrected chi connectivity index (χ0v) is 19.1. The third-order valence-corrected chi connectivity index (χ3v) is 6.70. The molecule has 0 aliphatic carbocycles. The van der Waals surface area contributed by atoms with Gasteiger partial charge in [0.05, 0.1) is 28.3 Å². The van der Waals surface area contributed by atoms with E-state index >= 15 is 0 Å². The highest BCUT2D eigenvalue weighted by atomic mass is 35.5. The van der Waals surface area contributed by atoms with Gasteiger partial charge >= 0.3 is 0 Å². The van der Waals surface area contributed by atoms with E-state index in [0.29, 0.717) is 12.0 Å². The number of aromatic hydroxyl groups is 2. The molecule has 3 aromatic carbocycles. The average molecular weight is 493 g/mol. The van der Waals surface area contributed by atoms with Gasteiger partial charge in [0.1, 0.15) is 11.5 Å². The lowest BCUT2D eigenvalue weighted by molar-refractivity contribution is 0.158. The Hall–Kier alpha value is -2.82. The molecule has 6 N–H and O–H groups in total. The normalized spacial score (nSPS) is 13.4. The summed E-state index contributed by atoms with van der Waals surface area (Å²) < 4.78 is 27.4. The van der Waals surface area contributed by atoms with Gasteiger partial charge in [0, 0.05) is 12.6 Å². The third kappa shape index (κ3) is 6.59. The quantitative estimate of drug-likeness (QED) is 0.239. The molecule has 33 heavy (non-hydrogen) atoms. The Morgan fingerprint density at radius 1 is 0.939 bits per heavy atom. The molecule has 0 saturated carbocycles. The lowest BCUT2D eigenvalue weighted by Crippen LogP contribution is -2.37. The molecule has 0 amide bonds. The maximum atomic E-state index is 12.6. The van der Waals surface area contributed by atoms with E-state index in [4.69, 9.17) is 11.6 Å². The van der Waals surface area contributed by atoms with Crippen molar-refractivity contribution in [3.05, 3.63) is 82.9 Å². The summed E-state index contributed by atoms with van der Waals surface area (Å²) in [6.07, 6.45) is -0.635. The van der Waals surface area contributed by atoms with Crippen LogP contribution in [-0.4, -0.2) is 48.0 Å². The molecule has 10 heteroatoms. The Morgan fingerprint density at radius 3 is 2.30 bits per heavy atom. The molecule has 0 fully saturated rings. The number of hydrogen-bond donors (Lipinski definition) is 6. The topological polar surface area (TPSA) is 139 Å². The fraction of sp³-hybridized carbons (Fsp3) is 0.217. The zero-order valence-electron chi connectivity index (χ0n) is 17.5. The number of rotatable bonds is 10. The Kier molecular flexibility index (Phi) is 8.17. The van der Waals surface area contributed by atoms with E-state index in [0.717, 1.165) is 5.56 Å². The van der Waals surface area contributed by atoms with Crippen LogP contribution in [0.5, 0.6) is 11.5 Å². The first-order valence-electron chi connectivity index (χ1n) is 10.1. The van der Waals surface area contributed by atoms with E-state index in [-0.39, 0.29) is 40.3 Å². The van der Waals surface area contributed by atoms with Crippen LogP contribution >= 0.6 is 11.6 Å². The molecule has 176 valence electrons. The predicted octanol–water partition coefficient (Wildman–Crippen LogP) is 2.78. The monoisotopic (exact) mass is 492 g/mol. The second-order valence-electron chi connectivity index (χ2n) is 7.49. The van der Waals surface area contributed by atoms with Gasteiger partial charge in [-0.1, -0.05) is 41.9 Å². The number of hydrogen-bond acceptors (Lipinski definition) is 7. The highest BCUT2D eigenvalue weighted by Gasteiger charge is 2.18. The van der Waals surface area contributed by atoms with Crippen molar-refractivity contribution in [2.45, 2.75) is 23.5 Å². The van der Waals surface area contributed by atoms with E-state index in [2.05, 4.69) is 10.0 Å². The van der Waals surface area contributed by atoms with E-state index in [1.165, 1.54) is 36.4 Å². The van der Waals surface area contributed by atoms with Gasteiger partial charge in [-0.05, 0) is 53.9 Å². The Morgan fingerprint density at radius 2 is 1.64 bits per heavy atom. The van der Waals surface area contributed by atoms with Gasteiger partial charge in [-0.15, -0.1) is 0 Å². The van der Waals surface area contributed by atoms with E-state index in [1.807, 2.05) is 0 Å². The molecule has 0 saturated heterocycles. The van der Waals surface area contributed by atoms with Crippen molar-refractivity contribution in [1.82, 2.24) is 5.32 Å². The standard InChI is InChI=1S/C23H25ClN2O6S/c24-19-11-15(6-8-21(19)28)10-17(14-27)25-13-23(30)16-7-9-22(29)20(12-16)26-33(31,32)18-4-2-1-3-5-18/h1-9,11-12,17,23,25-30H,10,13-14H2/t17-,23-/m0/s1. The summed E-state index contributed by atoms with van der Waals surface area (Å²) >= 11 is 5.92. The first-order valence-corrected chi connectivity index (χ1v) is 12.0. The van der Waals surface area contributed by atoms with Crippen molar-refractivity contribution in [3.8, 4) is 11.5 Å². The summed E-state index contributed by atoms with van der Waals surface area (Å²) in [4.78, 5) is 0.0390. The highest BCUT2D eigenvalue weighted by molar-refractivity contribution is 7.92. The lowest BCUT2D eigenvalue weighted by Gasteiger charge is -2.20. The SMILES string of the molecule is O=S(=O)(Nc1cc([C@@H](O)CN[C@H](CO)Cc2ccc(O)c(Cl)c2)ccc1O)c1ccccc1. The fourth-order valence-corrected chi connectivity index (χ4v) is 4.49. The molecule has 3 rings (SSSR count). The van der Waals surface area contributed by atoms with Crippen molar-refractivity contribution in [2.75, 3.05) is 17.9 Å². The van der Waals surface area contributed by atoms with Crippen LogP contribution in [-0.2, 0) is 16.4 Å². The molecule has 0 radical (unpaired) electrons. The van der Waals surface area contributed by atoms with Crippen molar-refractivity contribution in [2.24, 2.45) is 0 Å². The second-order valence-corrected chi connectivity index (χ2v) is 9.58. The number of nitrogens with one attached hydrogen (secondary N) is 2. The molecule has 0 aliphatic rings. The largest absolute Gasteiger partial charge is 0.506 e. The molecule has 0 aromatic heterocycles. The minimum absolute atomic E-state index is 0.0321. The molecule has 8 nitrogen and oxygen atoms in total. The van der Waals surface area contributed by atoms with Gasteiger partial charge in [0.25, 0.3) is 10.0 Å². The minimum atomic E-state index is -3.92. The molecular weight excluding hydrogens is 468 g/mol. The maximum absolute atomic E-state index is 12.6. The first-order chi connectivity index (χ1) is 15.7. The van der Waals surface area contributed by atoms with Crippen molar-refractivity contribution in [3.63, 3.8) is 0 Å². The van der Waals surface area contributed by atoms with E-state index in [1.54, 1.807) is 30.3 Å². The van der Waals surface area contributed by atoms with Crippen LogP contribution in [0.25, 0.3) is 0 Å². The Bertz CT molecular complexity index is 1190. The highest BCUT2D eigenvalue weighted by Crippen LogP contribution is 2.29. The number of benzene rings is 3. The van der Waals surface area contributed by atoms with E-state index < -0.39 is 22.2 Å². The van der Waals surface area contributed by atoms with E-state index in [9.17, 15) is 28.8 Å². The number of anilines is 1. The van der Waals surface area contributed by atoms with Crippen molar-refractivity contribution < 1.29 is 28.8 Å². The summed E-state index contributed by atoms with van der Waals surface area (Å²) in [6.45, 7) is -0.143. The van der Waals surface area contributed by atoms with Crippen LogP contribution in [0.2, 0.25) is 5.02 Å².